The summed E-state index contributed by atoms with van der Waals surface area (Å²) < 4.78 is 30.2. The van der Waals surface area contributed by atoms with Crippen molar-refractivity contribution in [2.24, 2.45) is 5.92 Å². The molecule has 0 aromatic carbocycles. The maximum atomic E-state index is 12.6. The average Bonchev–Trinajstić information content (AvgIpc) is 2.54. The fraction of sp³-hybridized carbons (Fsp3) is 0.900. The van der Waals surface area contributed by atoms with Gasteiger partial charge in [0.15, 0.2) is 0 Å². The highest BCUT2D eigenvalue weighted by atomic mass is 19.3. The highest BCUT2D eigenvalue weighted by Crippen LogP contribution is 2.48. The lowest BCUT2D eigenvalue weighted by atomic mass is 10.2. The Morgan fingerprint density at radius 1 is 1.53 bits per heavy atom. The zero-order valence-corrected chi connectivity index (χ0v) is 9.51. The summed E-state index contributed by atoms with van der Waals surface area (Å²) in [6, 6.07) is 0. The first-order valence-corrected chi connectivity index (χ1v) is 4.94. The maximum absolute atomic E-state index is 12.6. The van der Waals surface area contributed by atoms with E-state index in [1.54, 1.807) is 20.8 Å². The molecule has 0 N–H and O–H groups in total. The molecule has 5 heteroatoms. The van der Waals surface area contributed by atoms with Crippen LogP contribution < -0.4 is 0 Å². The van der Waals surface area contributed by atoms with Crippen molar-refractivity contribution in [3.8, 4) is 0 Å². The Bertz CT molecular complexity index is 261. The molecule has 15 heavy (non-hydrogen) atoms. The number of rotatable bonds is 2. The molecule has 1 aliphatic rings. The molecule has 0 bridgehead atoms. The molecule has 0 aliphatic heterocycles. The molecular formula is C10H17F2NO2. The summed E-state index contributed by atoms with van der Waals surface area (Å²) >= 11 is 0. The highest BCUT2D eigenvalue weighted by molar-refractivity contribution is 5.67. The average molecular weight is 221 g/mol. The number of carbonyl (C=O) groups excluding carboxylic acids is 1. The molecule has 1 fully saturated rings. The van der Waals surface area contributed by atoms with Crippen LogP contribution in [0.4, 0.5) is 13.6 Å². The summed E-state index contributed by atoms with van der Waals surface area (Å²) in [5.74, 6) is -3.29. The first kappa shape index (κ1) is 12.2. The van der Waals surface area contributed by atoms with Crippen molar-refractivity contribution >= 4 is 6.09 Å². The van der Waals surface area contributed by atoms with Gasteiger partial charge in [0.25, 0.3) is 5.92 Å². The van der Waals surface area contributed by atoms with Gasteiger partial charge in [0, 0.05) is 25.9 Å². The van der Waals surface area contributed by atoms with Gasteiger partial charge in [0.1, 0.15) is 5.60 Å². The molecule has 88 valence electrons. The predicted molar refractivity (Wildman–Crippen MR) is 51.9 cm³/mol. The van der Waals surface area contributed by atoms with Crippen LogP contribution in [0.3, 0.4) is 0 Å². The SMILES string of the molecule is CN(CC1CC1(F)F)C(=O)OC(C)(C)C. The number of alkyl halides is 2. The summed E-state index contributed by atoms with van der Waals surface area (Å²) in [5.41, 5.74) is -0.586. The van der Waals surface area contributed by atoms with E-state index >= 15 is 0 Å². The molecule has 3 nitrogen and oxygen atoms in total. The Kier molecular flexibility index (Phi) is 2.94. The molecule has 0 heterocycles. The fourth-order valence-electron chi connectivity index (χ4n) is 1.21. The lowest BCUT2D eigenvalue weighted by Crippen LogP contribution is -2.35. The summed E-state index contributed by atoms with van der Waals surface area (Å²) in [5, 5.41) is 0. The summed E-state index contributed by atoms with van der Waals surface area (Å²) in [6.45, 7) is 5.28. The molecule has 1 atom stereocenters. The monoisotopic (exact) mass is 221 g/mol. The molecule has 0 spiro atoms. The van der Waals surface area contributed by atoms with E-state index in [1.807, 2.05) is 0 Å². The first-order chi connectivity index (χ1) is 6.62. The van der Waals surface area contributed by atoms with Crippen LogP contribution >= 0.6 is 0 Å². The molecule has 1 rings (SSSR count). The van der Waals surface area contributed by atoms with Gasteiger partial charge in [-0.25, -0.2) is 13.6 Å². The first-order valence-electron chi connectivity index (χ1n) is 4.94. The van der Waals surface area contributed by atoms with Crippen molar-refractivity contribution in [1.82, 2.24) is 4.90 Å². The van der Waals surface area contributed by atoms with Gasteiger partial charge in [-0.05, 0) is 20.8 Å². The second-order valence-corrected chi connectivity index (χ2v) is 5.02. The smallest absolute Gasteiger partial charge is 0.410 e. The number of halogens is 2. The molecule has 0 aromatic rings. The van der Waals surface area contributed by atoms with E-state index < -0.39 is 23.5 Å². The third-order valence-electron chi connectivity index (χ3n) is 2.16. The molecule has 0 radical (unpaired) electrons. The van der Waals surface area contributed by atoms with Gasteiger partial charge in [-0.1, -0.05) is 0 Å². The van der Waals surface area contributed by atoms with E-state index in [9.17, 15) is 13.6 Å². The third-order valence-corrected chi connectivity index (χ3v) is 2.16. The maximum Gasteiger partial charge on any atom is 0.410 e. The number of amides is 1. The van der Waals surface area contributed by atoms with E-state index in [0.717, 1.165) is 0 Å². The Labute approximate surface area is 88.4 Å². The molecule has 1 aliphatic carbocycles. The Morgan fingerprint density at radius 2 is 2.00 bits per heavy atom. The Morgan fingerprint density at radius 3 is 2.33 bits per heavy atom. The van der Waals surface area contributed by atoms with E-state index in [4.69, 9.17) is 4.74 Å². The van der Waals surface area contributed by atoms with Crippen LogP contribution in [0, 0.1) is 5.92 Å². The van der Waals surface area contributed by atoms with Crippen molar-refractivity contribution in [3.63, 3.8) is 0 Å². The van der Waals surface area contributed by atoms with Crippen molar-refractivity contribution in [3.05, 3.63) is 0 Å². The van der Waals surface area contributed by atoms with Crippen LogP contribution in [0.2, 0.25) is 0 Å². The van der Waals surface area contributed by atoms with Gasteiger partial charge in [-0.15, -0.1) is 0 Å². The van der Waals surface area contributed by atoms with Crippen LogP contribution in [-0.2, 0) is 4.74 Å². The number of carbonyl (C=O) groups is 1. The number of hydrogen-bond donors (Lipinski definition) is 0. The molecular weight excluding hydrogens is 204 g/mol. The van der Waals surface area contributed by atoms with Gasteiger partial charge in [0.05, 0.1) is 0 Å². The quantitative estimate of drug-likeness (QED) is 0.717. The van der Waals surface area contributed by atoms with Crippen molar-refractivity contribution in [2.45, 2.75) is 38.7 Å². The minimum atomic E-state index is -2.59. The van der Waals surface area contributed by atoms with Crippen molar-refractivity contribution in [2.75, 3.05) is 13.6 Å². The van der Waals surface area contributed by atoms with Gasteiger partial charge in [0.2, 0.25) is 0 Å². The number of hydrogen-bond acceptors (Lipinski definition) is 2. The fourth-order valence-corrected chi connectivity index (χ4v) is 1.21. The Balaban J connectivity index is 2.35. The van der Waals surface area contributed by atoms with Crippen LogP contribution in [-0.4, -0.2) is 36.1 Å². The number of ether oxygens (including phenoxy) is 1. The summed E-state index contributed by atoms with van der Waals surface area (Å²) in [4.78, 5) is 12.6. The minimum Gasteiger partial charge on any atom is -0.444 e. The molecule has 1 saturated carbocycles. The predicted octanol–water partition coefficient (Wildman–Crippen LogP) is 2.51. The molecule has 0 saturated heterocycles. The molecule has 1 unspecified atom stereocenters. The van der Waals surface area contributed by atoms with E-state index in [1.165, 1.54) is 11.9 Å². The number of nitrogens with zero attached hydrogens (tertiary/aromatic N) is 1. The normalized spacial score (nSPS) is 23.5. The van der Waals surface area contributed by atoms with E-state index in [-0.39, 0.29) is 13.0 Å². The van der Waals surface area contributed by atoms with Gasteiger partial charge in [-0.2, -0.15) is 0 Å². The lowest BCUT2D eigenvalue weighted by molar-refractivity contribution is 0.0254. The lowest BCUT2D eigenvalue weighted by Gasteiger charge is -2.24. The van der Waals surface area contributed by atoms with Crippen molar-refractivity contribution in [1.29, 1.82) is 0 Å². The van der Waals surface area contributed by atoms with Crippen LogP contribution in [0.15, 0.2) is 0 Å². The summed E-state index contributed by atoms with van der Waals surface area (Å²) in [7, 11) is 1.47. The topological polar surface area (TPSA) is 29.5 Å². The molecule has 0 aromatic heterocycles. The van der Waals surface area contributed by atoms with E-state index in [2.05, 4.69) is 0 Å². The third kappa shape index (κ3) is 3.64. The van der Waals surface area contributed by atoms with Crippen molar-refractivity contribution < 1.29 is 18.3 Å². The zero-order valence-electron chi connectivity index (χ0n) is 9.51. The van der Waals surface area contributed by atoms with Gasteiger partial charge < -0.3 is 9.64 Å². The second kappa shape index (κ2) is 3.61. The zero-order chi connectivity index (χ0) is 11.9. The van der Waals surface area contributed by atoms with Crippen LogP contribution in [0.25, 0.3) is 0 Å². The molecule has 1 amide bonds. The second-order valence-electron chi connectivity index (χ2n) is 5.02. The van der Waals surface area contributed by atoms with Crippen LogP contribution in [0.1, 0.15) is 27.2 Å². The standard InChI is InChI=1S/C10H17F2NO2/c1-9(2,3)15-8(14)13(4)6-7-5-10(7,11)12/h7H,5-6H2,1-4H3. The largest absolute Gasteiger partial charge is 0.444 e. The van der Waals surface area contributed by atoms with E-state index in [0.29, 0.717) is 0 Å². The highest BCUT2D eigenvalue weighted by Gasteiger charge is 2.57. The summed E-state index contributed by atoms with van der Waals surface area (Å²) in [6.07, 6.45) is -0.676. The minimum absolute atomic E-state index is 0.0575. The van der Waals surface area contributed by atoms with Gasteiger partial charge in [-0.3, -0.25) is 0 Å². The van der Waals surface area contributed by atoms with Gasteiger partial charge >= 0.3 is 6.09 Å². The Hall–Kier alpha value is -0.870. The van der Waals surface area contributed by atoms with Crippen LogP contribution in [0.5, 0.6) is 0 Å².